The molecule has 21 nitrogen and oxygen atoms in total. The second-order valence-corrected chi connectivity index (χ2v) is 26.1. The van der Waals surface area contributed by atoms with E-state index in [1.165, 1.54) is 13.0 Å². The summed E-state index contributed by atoms with van der Waals surface area (Å²) < 4.78 is 56.5. The summed E-state index contributed by atoms with van der Waals surface area (Å²) in [6.07, 6.45) is 7.18. The molecule has 0 aliphatic heterocycles. The first-order valence-corrected chi connectivity index (χ1v) is 37.1. The average Bonchev–Trinajstić information content (AvgIpc) is 0.830. The highest BCUT2D eigenvalue weighted by atomic mass is 16.5. The largest absolute Gasteiger partial charge is 0.507 e. The molecule has 0 fully saturated rings. The molecular weight excluding hydrogens is 1440 g/mol. The van der Waals surface area contributed by atoms with Crippen molar-refractivity contribution in [2.75, 3.05) is 62.3 Å². The van der Waals surface area contributed by atoms with E-state index < -0.39 is 5.97 Å². The third kappa shape index (κ3) is 24.9. The predicted molar refractivity (Wildman–Crippen MR) is 436 cm³/mol. The maximum Gasteiger partial charge on any atom is 0.308 e. The highest BCUT2D eigenvalue weighted by molar-refractivity contribution is 5.98. The maximum absolute atomic E-state index is 13.7. The lowest BCUT2D eigenvalue weighted by Gasteiger charge is -2.24. The molecule has 12 rings (SSSR count). The quantitative estimate of drug-likeness (QED) is 0.0287. The van der Waals surface area contributed by atoms with Crippen LogP contribution in [0.1, 0.15) is 83.7 Å². The first-order valence-electron chi connectivity index (χ1n) is 37.1. The summed E-state index contributed by atoms with van der Waals surface area (Å²) in [6.45, 7) is 4.99. The number of hydrogen-bond donors (Lipinski definition) is 1. The van der Waals surface area contributed by atoms with Crippen molar-refractivity contribution in [1.29, 1.82) is 0 Å². The number of phenols is 1. The fraction of sp³-hybridized carbons (Fsp3) is 0.215. The number of para-hydroxylation sites is 2. The number of ether oxygens (including phenoxy) is 10. The van der Waals surface area contributed by atoms with E-state index in [2.05, 4.69) is 15.0 Å². The van der Waals surface area contributed by atoms with Crippen molar-refractivity contribution < 1.29 is 71.7 Å². The Labute approximate surface area is 665 Å². The van der Waals surface area contributed by atoms with E-state index in [1.54, 1.807) is 126 Å². The van der Waals surface area contributed by atoms with Gasteiger partial charge in [-0.05, 0) is 148 Å². The van der Waals surface area contributed by atoms with Crippen molar-refractivity contribution in [2.24, 2.45) is 0 Å². The Morgan fingerprint density at radius 3 is 1.04 bits per heavy atom. The molecule has 3 heterocycles. The lowest BCUT2D eigenvalue weighted by molar-refractivity contribution is -0.132. The van der Waals surface area contributed by atoms with Gasteiger partial charge in [0, 0.05) is 101 Å². The van der Waals surface area contributed by atoms with Crippen LogP contribution in [0.2, 0.25) is 0 Å². The van der Waals surface area contributed by atoms with Gasteiger partial charge in [0.15, 0.2) is 46.0 Å². The van der Waals surface area contributed by atoms with Crippen LogP contribution in [-0.2, 0) is 74.7 Å². The smallest absolute Gasteiger partial charge is 0.308 e. The van der Waals surface area contributed by atoms with Crippen LogP contribution in [0.3, 0.4) is 0 Å². The third-order valence-corrected chi connectivity index (χ3v) is 18.1. The molecule has 0 bridgehead atoms. The molecule has 114 heavy (non-hydrogen) atoms. The number of benzene rings is 9. The fourth-order valence-corrected chi connectivity index (χ4v) is 12.2. The van der Waals surface area contributed by atoms with Gasteiger partial charge >= 0.3 is 5.97 Å². The number of hydrogen-bond acceptors (Lipinski definition) is 18. The van der Waals surface area contributed by atoms with Gasteiger partial charge in [0.05, 0.1) is 60.2 Å². The van der Waals surface area contributed by atoms with E-state index >= 15 is 0 Å². The Morgan fingerprint density at radius 2 is 0.667 bits per heavy atom. The predicted octanol–water partition coefficient (Wildman–Crippen LogP) is 16.2. The minimum atomic E-state index is -0.485. The molecule has 0 atom stereocenters. The molecule has 3 aromatic heterocycles. The molecule has 0 aliphatic carbocycles. The number of carbonyl (C=O) groups excluding carboxylic acids is 4. The Balaban J connectivity index is 0.000000182. The van der Waals surface area contributed by atoms with Crippen LogP contribution in [0, 0.1) is 0 Å². The van der Waals surface area contributed by atoms with Gasteiger partial charge in [0.2, 0.25) is 11.7 Å². The lowest BCUT2D eigenvalue weighted by Crippen LogP contribution is -2.33. The number of carbonyl (C=O) groups is 4. The van der Waals surface area contributed by atoms with Crippen LogP contribution >= 0.6 is 0 Å². The molecule has 0 aliphatic rings. The van der Waals surface area contributed by atoms with Gasteiger partial charge in [-0.15, -0.1) is 0 Å². The standard InChI is InChI=1S/C33H36N2O6.C31H30N2O5.C29H28N2O4/c1-37-29-18-25(13-14-28(29)41-23-24-10-6-5-7-11-24)22-35(17-15-27-12-8-9-16-34-27)32(36)21-26-19-30(38-2)33(40-4)31(20-26)39-3;1-23(34)38-28-14-7-6-13-27(28)31(35)33(19-17-26-12-8-9-18-32-26)21-25-15-16-29(30(20-25)36-2)37-22-24-10-4-3-5-11-24;1-34-28-19-23(14-15-27(28)35-21-22-9-3-2-4-10-22)20-31(18-16-24-11-7-8-17-30-24)29(33)25-12-5-6-13-26(25)32/h5-14,16,18-20H,15,17,21-23H2,1-4H3;3-16,18,20H,17,19,21-22H2,1-2H3;2-15,17,19,32H,16,18,20-21H2,1H3. The van der Waals surface area contributed by atoms with Gasteiger partial charge < -0.3 is 67.2 Å². The Bertz CT molecular complexity index is 4990. The highest BCUT2D eigenvalue weighted by Crippen LogP contribution is 2.39. The molecule has 12 aromatic rings. The van der Waals surface area contributed by atoms with Crippen LogP contribution in [-0.4, -0.2) is 121 Å². The van der Waals surface area contributed by atoms with Gasteiger partial charge in [0.1, 0.15) is 31.3 Å². The fourth-order valence-electron chi connectivity index (χ4n) is 12.2. The number of methoxy groups -OCH3 is 6. The van der Waals surface area contributed by atoms with E-state index in [0.717, 1.165) is 56.0 Å². The van der Waals surface area contributed by atoms with Crippen molar-refractivity contribution in [2.45, 2.75) is 72.1 Å². The topological polar surface area (TPSA) is 229 Å². The van der Waals surface area contributed by atoms with Gasteiger partial charge in [-0.2, -0.15) is 0 Å². The minimum absolute atomic E-state index is 0.0393. The molecule has 0 spiro atoms. The Hall–Kier alpha value is -13.7. The SMILES string of the molecule is COc1cc(CN(CCc2ccccn2)C(=O)Cc2cc(OC)c(OC)c(OC)c2)ccc1OCc1ccccc1.COc1cc(CN(CCc2ccccn2)C(=O)c2ccccc2O)ccc1OCc1ccccc1.COc1cc(CN(CCc2ccccn2)C(=O)c2ccccc2OC(C)=O)ccc1OCc1ccccc1. The number of amides is 3. The minimum Gasteiger partial charge on any atom is -0.507 e. The van der Waals surface area contributed by atoms with Crippen LogP contribution in [0.15, 0.2) is 279 Å². The Kier molecular flexibility index (Phi) is 31.7. The summed E-state index contributed by atoms with van der Waals surface area (Å²) in [5, 5.41) is 10.3. The number of rotatable bonds is 35. The van der Waals surface area contributed by atoms with E-state index in [9.17, 15) is 24.3 Å². The second kappa shape index (κ2) is 43.6. The molecule has 0 radical (unpaired) electrons. The summed E-state index contributed by atoms with van der Waals surface area (Å²) in [5.41, 5.74) is 9.89. The zero-order chi connectivity index (χ0) is 80.2. The highest BCUT2D eigenvalue weighted by Gasteiger charge is 2.25. The molecule has 0 saturated heterocycles. The molecule has 0 saturated carbocycles. The van der Waals surface area contributed by atoms with Gasteiger partial charge in [-0.3, -0.25) is 34.1 Å². The van der Waals surface area contributed by atoms with Crippen molar-refractivity contribution in [3.05, 3.63) is 347 Å². The zero-order valence-electron chi connectivity index (χ0n) is 65.1. The van der Waals surface area contributed by atoms with Gasteiger partial charge in [-0.1, -0.05) is 152 Å². The molecule has 3 amide bonds. The number of esters is 1. The van der Waals surface area contributed by atoms with Crippen LogP contribution in [0.4, 0.5) is 0 Å². The summed E-state index contributed by atoms with van der Waals surface area (Å²) >= 11 is 0. The van der Waals surface area contributed by atoms with Crippen molar-refractivity contribution in [1.82, 2.24) is 29.7 Å². The van der Waals surface area contributed by atoms with Crippen molar-refractivity contribution >= 4 is 23.7 Å². The van der Waals surface area contributed by atoms with Gasteiger partial charge in [0.25, 0.3) is 11.8 Å². The summed E-state index contributed by atoms with van der Waals surface area (Å²) in [6, 6.07) is 81.0. The van der Waals surface area contributed by atoms with Gasteiger partial charge in [-0.25, -0.2) is 0 Å². The zero-order valence-corrected chi connectivity index (χ0v) is 65.1. The molecule has 9 aromatic carbocycles. The van der Waals surface area contributed by atoms with Crippen LogP contribution < -0.4 is 47.4 Å². The second-order valence-electron chi connectivity index (χ2n) is 26.1. The molecule has 1 N–H and O–H groups in total. The number of pyridine rings is 3. The number of aromatic nitrogens is 3. The average molecular weight is 1540 g/mol. The molecule has 0 unspecified atom stereocenters. The Morgan fingerprint density at radius 1 is 0.325 bits per heavy atom. The molecular formula is C93H94N6O15. The monoisotopic (exact) mass is 1530 g/mol. The van der Waals surface area contributed by atoms with E-state index in [0.29, 0.717) is 136 Å². The van der Waals surface area contributed by atoms with Crippen LogP contribution in [0.25, 0.3) is 0 Å². The van der Waals surface area contributed by atoms with E-state index in [4.69, 9.17) is 47.4 Å². The van der Waals surface area contributed by atoms with E-state index in [1.807, 2.05) is 205 Å². The number of phenolic OH excluding ortho intramolecular Hbond substituents is 1. The summed E-state index contributed by atoms with van der Waals surface area (Å²) in [5.74, 6) is 4.34. The number of aromatic hydroxyl groups is 1. The molecule has 21 heteroatoms. The summed E-state index contributed by atoms with van der Waals surface area (Å²) in [7, 11) is 9.47. The van der Waals surface area contributed by atoms with Crippen LogP contribution in [0.5, 0.6) is 63.2 Å². The van der Waals surface area contributed by atoms with Crippen molar-refractivity contribution in [3.8, 4) is 63.2 Å². The van der Waals surface area contributed by atoms with Crippen molar-refractivity contribution in [3.63, 3.8) is 0 Å². The summed E-state index contributed by atoms with van der Waals surface area (Å²) in [4.78, 5) is 70.9. The normalized spacial score (nSPS) is 10.5. The first-order chi connectivity index (χ1) is 55.7. The molecule has 586 valence electrons. The van der Waals surface area contributed by atoms with E-state index in [-0.39, 0.29) is 41.2 Å². The maximum atomic E-state index is 13.7. The number of nitrogens with zero attached hydrogens (tertiary/aromatic N) is 6. The first kappa shape index (κ1) is 82.8. The lowest BCUT2D eigenvalue weighted by atomic mass is 10.1. The third-order valence-electron chi connectivity index (χ3n) is 18.1.